The first-order valence-corrected chi connectivity index (χ1v) is 6.63. The number of benzene rings is 1. The first kappa shape index (κ1) is 16.1. The number of nitrogen functional groups attached to an aromatic ring is 1. The highest BCUT2D eigenvalue weighted by molar-refractivity contribution is 6.37. The van der Waals surface area contributed by atoms with Crippen molar-refractivity contribution in [3.8, 4) is 0 Å². The van der Waals surface area contributed by atoms with Gasteiger partial charge in [0.05, 0.1) is 35.0 Å². The second-order valence-electron chi connectivity index (χ2n) is 5.11. The van der Waals surface area contributed by atoms with E-state index in [1.807, 2.05) is 20.8 Å². The van der Waals surface area contributed by atoms with Gasteiger partial charge in [-0.25, -0.2) is 0 Å². The first-order valence-electron chi connectivity index (χ1n) is 5.87. The molecule has 0 fully saturated rings. The summed E-state index contributed by atoms with van der Waals surface area (Å²) in [5.74, 6) is -0.208. The van der Waals surface area contributed by atoms with Gasteiger partial charge in [0, 0.05) is 5.02 Å². The molecule has 0 aliphatic rings. The predicted molar refractivity (Wildman–Crippen MR) is 79.8 cm³/mol. The Balaban J connectivity index is 2.58. The Morgan fingerprint density at radius 2 is 2.00 bits per heavy atom. The van der Waals surface area contributed by atoms with Gasteiger partial charge in [0.1, 0.15) is 0 Å². The third-order valence-corrected chi connectivity index (χ3v) is 2.73. The molecule has 0 saturated carbocycles. The van der Waals surface area contributed by atoms with Crippen molar-refractivity contribution in [2.75, 3.05) is 17.7 Å². The number of nitrogens with one attached hydrogen (secondary N) is 1. The summed E-state index contributed by atoms with van der Waals surface area (Å²) in [6, 6.07) is 3.06. The summed E-state index contributed by atoms with van der Waals surface area (Å²) in [6.07, 6.45) is 0.232. The fourth-order valence-corrected chi connectivity index (χ4v) is 1.93. The number of carbonyl (C=O) groups excluding carboxylic acids is 1. The summed E-state index contributed by atoms with van der Waals surface area (Å²) >= 11 is 11.8. The maximum absolute atomic E-state index is 11.7. The number of carbonyl (C=O) groups is 1. The number of hydrogen-bond donors (Lipinski definition) is 2. The lowest BCUT2D eigenvalue weighted by Gasteiger charge is -2.19. The number of hydrogen-bond acceptors (Lipinski definition) is 3. The van der Waals surface area contributed by atoms with Gasteiger partial charge in [-0.15, -0.1) is 0 Å². The Morgan fingerprint density at radius 1 is 1.37 bits per heavy atom. The summed E-state index contributed by atoms with van der Waals surface area (Å²) in [7, 11) is 0. The van der Waals surface area contributed by atoms with Gasteiger partial charge in [-0.1, -0.05) is 23.2 Å². The monoisotopic (exact) mass is 304 g/mol. The number of rotatable bonds is 4. The van der Waals surface area contributed by atoms with Crippen molar-refractivity contribution in [1.29, 1.82) is 0 Å². The molecule has 6 heteroatoms. The first-order chi connectivity index (χ1) is 8.69. The lowest BCUT2D eigenvalue weighted by Crippen LogP contribution is -2.23. The molecule has 0 aliphatic carbocycles. The van der Waals surface area contributed by atoms with Crippen LogP contribution in [0.1, 0.15) is 27.2 Å². The summed E-state index contributed by atoms with van der Waals surface area (Å²) in [5, 5.41) is 3.40. The molecular formula is C13H18Cl2N2O2. The zero-order valence-corrected chi connectivity index (χ0v) is 12.7. The third-order valence-electron chi connectivity index (χ3n) is 2.21. The fourth-order valence-electron chi connectivity index (χ4n) is 1.38. The van der Waals surface area contributed by atoms with Crippen LogP contribution >= 0.6 is 23.2 Å². The molecule has 0 heterocycles. The van der Waals surface area contributed by atoms with Gasteiger partial charge >= 0.3 is 0 Å². The van der Waals surface area contributed by atoms with Crippen LogP contribution in [0, 0.1) is 0 Å². The van der Waals surface area contributed by atoms with Gasteiger partial charge in [0.25, 0.3) is 0 Å². The maximum Gasteiger partial charge on any atom is 0.226 e. The number of anilines is 2. The second kappa shape index (κ2) is 6.46. The highest BCUT2D eigenvalue weighted by Crippen LogP contribution is 2.32. The summed E-state index contributed by atoms with van der Waals surface area (Å²) < 4.78 is 5.47. The Bertz CT molecular complexity index is 447. The summed E-state index contributed by atoms with van der Waals surface area (Å²) in [4.78, 5) is 11.7. The van der Waals surface area contributed by atoms with E-state index in [9.17, 15) is 4.79 Å². The van der Waals surface area contributed by atoms with E-state index in [1.165, 1.54) is 12.1 Å². The van der Waals surface area contributed by atoms with Crippen LogP contribution < -0.4 is 11.1 Å². The molecule has 1 aromatic carbocycles. The average Bonchev–Trinajstić information content (AvgIpc) is 2.21. The molecule has 0 bridgehead atoms. The van der Waals surface area contributed by atoms with Gasteiger partial charge < -0.3 is 15.8 Å². The fraction of sp³-hybridized carbons (Fsp3) is 0.462. The Kier molecular flexibility index (Phi) is 5.47. The van der Waals surface area contributed by atoms with Crippen LogP contribution in [0.2, 0.25) is 10.0 Å². The summed E-state index contributed by atoms with van der Waals surface area (Å²) in [6.45, 7) is 6.12. The topological polar surface area (TPSA) is 64.3 Å². The van der Waals surface area contributed by atoms with E-state index in [1.54, 1.807) is 0 Å². The molecular weight excluding hydrogens is 287 g/mol. The molecule has 4 nitrogen and oxygen atoms in total. The van der Waals surface area contributed by atoms with Crippen molar-refractivity contribution in [2.24, 2.45) is 0 Å². The van der Waals surface area contributed by atoms with Crippen molar-refractivity contribution in [3.63, 3.8) is 0 Å². The van der Waals surface area contributed by atoms with E-state index in [-0.39, 0.29) is 17.9 Å². The maximum atomic E-state index is 11.7. The minimum absolute atomic E-state index is 0.208. The number of halogens is 2. The molecule has 0 radical (unpaired) electrons. The lowest BCUT2D eigenvalue weighted by atomic mass is 10.2. The molecule has 0 atom stereocenters. The molecule has 0 saturated heterocycles. The van der Waals surface area contributed by atoms with Gasteiger partial charge in [-0.2, -0.15) is 0 Å². The largest absolute Gasteiger partial charge is 0.397 e. The second-order valence-corrected chi connectivity index (χ2v) is 5.95. The van der Waals surface area contributed by atoms with Gasteiger partial charge in [-0.05, 0) is 32.9 Å². The van der Waals surface area contributed by atoms with E-state index in [2.05, 4.69) is 5.32 Å². The predicted octanol–water partition coefficient (Wildman–Crippen LogP) is 3.72. The van der Waals surface area contributed by atoms with Gasteiger partial charge in [-0.3, -0.25) is 4.79 Å². The third kappa shape index (κ3) is 5.68. The molecule has 1 aromatic rings. The Morgan fingerprint density at radius 3 is 2.53 bits per heavy atom. The molecule has 0 aliphatic heterocycles. The van der Waals surface area contributed by atoms with Gasteiger partial charge in [0.2, 0.25) is 5.91 Å². The quantitative estimate of drug-likeness (QED) is 0.833. The van der Waals surface area contributed by atoms with Crippen molar-refractivity contribution in [2.45, 2.75) is 32.8 Å². The SMILES string of the molecule is CC(C)(C)OCCC(=O)Nc1c(N)cc(Cl)cc1Cl. The van der Waals surface area contributed by atoms with Crippen LogP contribution in [0.4, 0.5) is 11.4 Å². The standard InChI is InChI=1S/C13H18Cl2N2O2/c1-13(2,3)19-5-4-11(18)17-12-9(15)6-8(14)7-10(12)16/h6-7H,4-5,16H2,1-3H3,(H,17,18). The van der Waals surface area contributed by atoms with Crippen LogP contribution in [0.15, 0.2) is 12.1 Å². The Labute approximate surface area is 123 Å². The van der Waals surface area contributed by atoms with Crippen LogP contribution in [0.5, 0.6) is 0 Å². The lowest BCUT2D eigenvalue weighted by molar-refractivity contribution is -0.118. The van der Waals surface area contributed by atoms with E-state index in [0.29, 0.717) is 28.0 Å². The van der Waals surface area contributed by atoms with E-state index >= 15 is 0 Å². The van der Waals surface area contributed by atoms with Crippen LogP contribution in [0.3, 0.4) is 0 Å². The smallest absolute Gasteiger partial charge is 0.226 e. The highest BCUT2D eigenvalue weighted by atomic mass is 35.5. The minimum Gasteiger partial charge on any atom is -0.397 e. The summed E-state index contributed by atoms with van der Waals surface area (Å²) in [5.41, 5.74) is 6.20. The molecule has 19 heavy (non-hydrogen) atoms. The normalized spacial score (nSPS) is 11.4. The molecule has 3 N–H and O–H groups in total. The van der Waals surface area contributed by atoms with Crippen LogP contribution in [0.25, 0.3) is 0 Å². The van der Waals surface area contributed by atoms with Crippen molar-refractivity contribution >= 4 is 40.5 Å². The molecule has 1 rings (SSSR count). The van der Waals surface area contributed by atoms with Crippen molar-refractivity contribution < 1.29 is 9.53 Å². The van der Waals surface area contributed by atoms with E-state index in [4.69, 9.17) is 33.7 Å². The zero-order chi connectivity index (χ0) is 14.6. The van der Waals surface area contributed by atoms with E-state index < -0.39 is 0 Å². The molecule has 0 spiro atoms. The van der Waals surface area contributed by atoms with Gasteiger partial charge in [0.15, 0.2) is 0 Å². The van der Waals surface area contributed by atoms with Crippen molar-refractivity contribution in [3.05, 3.63) is 22.2 Å². The number of nitrogens with two attached hydrogens (primary N) is 1. The van der Waals surface area contributed by atoms with E-state index in [0.717, 1.165) is 0 Å². The molecule has 0 unspecified atom stereocenters. The highest BCUT2D eigenvalue weighted by Gasteiger charge is 2.13. The zero-order valence-electron chi connectivity index (χ0n) is 11.2. The number of amides is 1. The van der Waals surface area contributed by atoms with Crippen molar-refractivity contribution in [1.82, 2.24) is 0 Å². The number of ether oxygens (including phenoxy) is 1. The Hall–Kier alpha value is -0.970. The van der Waals surface area contributed by atoms with Crippen LogP contribution in [-0.4, -0.2) is 18.1 Å². The average molecular weight is 305 g/mol. The van der Waals surface area contributed by atoms with Crippen LogP contribution in [-0.2, 0) is 9.53 Å². The minimum atomic E-state index is -0.267. The molecule has 0 aromatic heterocycles. The molecule has 106 valence electrons. The molecule has 1 amide bonds.